The molecular formula is C8H9NaO4S. The molecule has 0 radical (unpaired) electrons. The first-order valence-electron chi connectivity index (χ1n) is 3.61. The monoisotopic (exact) mass is 224 g/mol. The maximum atomic E-state index is 10.5. The number of rotatable bonds is 2. The van der Waals surface area contributed by atoms with Gasteiger partial charge in [-0.05, 0) is 18.1 Å². The molecule has 4 nitrogen and oxygen atoms in total. The van der Waals surface area contributed by atoms with Crippen LogP contribution < -0.4 is 29.6 Å². The molecule has 1 N–H and O–H groups in total. The Bertz CT molecular complexity index is 402. The van der Waals surface area contributed by atoms with E-state index in [0.29, 0.717) is 5.56 Å². The molecule has 0 bridgehead atoms. The second-order valence-electron chi connectivity index (χ2n) is 2.70. The summed E-state index contributed by atoms with van der Waals surface area (Å²) < 4.78 is 31.4. The van der Waals surface area contributed by atoms with Crippen LogP contribution in [-0.4, -0.2) is 18.1 Å². The van der Waals surface area contributed by atoms with Crippen molar-refractivity contribution in [3.05, 3.63) is 35.4 Å². The Balaban J connectivity index is 0.00000169. The second-order valence-corrected chi connectivity index (χ2v) is 4.13. The standard InChI is InChI=1S/C8H10O4S.Na/c1-6-4-2-3-5-7(6)8(9)13(10,11)12;/h2-5,8-9H,1H3,(H,10,11,12);/q;+1/p-1. The summed E-state index contributed by atoms with van der Waals surface area (Å²) in [6, 6.07) is 6.30. The second kappa shape index (κ2) is 5.25. The zero-order chi connectivity index (χ0) is 10.1. The molecule has 0 aliphatic heterocycles. The van der Waals surface area contributed by atoms with E-state index < -0.39 is 15.6 Å². The van der Waals surface area contributed by atoms with Gasteiger partial charge in [-0.25, -0.2) is 8.42 Å². The van der Waals surface area contributed by atoms with E-state index in [2.05, 4.69) is 0 Å². The van der Waals surface area contributed by atoms with Crippen molar-refractivity contribution in [3.8, 4) is 0 Å². The zero-order valence-corrected chi connectivity index (χ0v) is 10.8. The Morgan fingerprint density at radius 1 is 1.36 bits per heavy atom. The molecule has 0 spiro atoms. The first-order chi connectivity index (χ1) is 5.93. The average molecular weight is 224 g/mol. The summed E-state index contributed by atoms with van der Waals surface area (Å²) in [5, 5.41) is 9.14. The van der Waals surface area contributed by atoms with Crippen LogP contribution in [0.3, 0.4) is 0 Å². The zero-order valence-electron chi connectivity index (χ0n) is 7.97. The predicted octanol–water partition coefficient (Wildman–Crippen LogP) is -2.46. The summed E-state index contributed by atoms with van der Waals surface area (Å²) in [4.78, 5) is 0. The first kappa shape index (κ1) is 14.1. The molecule has 0 saturated carbocycles. The van der Waals surface area contributed by atoms with Crippen molar-refractivity contribution in [2.24, 2.45) is 0 Å². The van der Waals surface area contributed by atoms with E-state index in [0.717, 1.165) is 0 Å². The van der Waals surface area contributed by atoms with Crippen LogP contribution in [0.25, 0.3) is 0 Å². The van der Waals surface area contributed by atoms with E-state index in [9.17, 15) is 13.0 Å². The third-order valence-corrected chi connectivity index (χ3v) is 2.53. The van der Waals surface area contributed by atoms with Crippen LogP contribution in [-0.2, 0) is 10.1 Å². The van der Waals surface area contributed by atoms with Crippen molar-refractivity contribution in [1.29, 1.82) is 0 Å². The van der Waals surface area contributed by atoms with Gasteiger partial charge in [-0.1, -0.05) is 24.3 Å². The molecule has 6 heteroatoms. The summed E-state index contributed by atoms with van der Waals surface area (Å²) in [6.07, 6.45) is 0. The molecule has 72 valence electrons. The minimum Gasteiger partial charge on any atom is -0.746 e. The Morgan fingerprint density at radius 2 is 1.86 bits per heavy atom. The summed E-state index contributed by atoms with van der Waals surface area (Å²) in [5.74, 6) is 0. The molecule has 1 unspecified atom stereocenters. The van der Waals surface area contributed by atoms with Crippen LogP contribution >= 0.6 is 0 Å². The van der Waals surface area contributed by atoms with Gasteiger partial charge in [-0.15, -0.1) is 0 Å². The molecule has 1 aromatic rings. The average Bonchev–Trinajstić information content (AvgIpc) is 2.02. The minimum absolute atomic E-state index is 0. The number of hydrogen-bond donors (Lipinski definition) is 1. The van der Waals surface area contributed by atoms with Crippen LogP contribution in [0.4, 0.5) is 0 Å². The molecule has 0 fully saturated rings. The van der Waals surface area contributed by atoms with Crippen molar-refractivity contribution in [2.75, 3.05) is 0 Å². The van der Waals surface area contributed by atoms with Gasteiger partial charge in [0.25, 0.3) is 0 Å². The summed E-state index contributed by atoms with van der Waals surface area (Å²) in [7, 11) is -4.67. The normalized spacial score (nSPS) is 13.1. The molecule has 0 aliphatic rings. The van der Waals surface area contributed by atoms with Gasteiger partial charge in [0, 0.05) is 0 Å². The van der Waals surface area contributed by atoms with E-state index in [4.69, 9.17) is 5.11 Å². The van der Waals surface area contributed by atoms with Crippen LogP contribution in [0, 0.1) is 6.92 Å². The number of benzene rings is 1. The molecule has 0 aliphatic carbocycles. The fourth-order valence-corrected chi connectivity index (χ4v) is 1.59. The van der Waals surface area contributed by atoms with E-state index in [1.54, 1.807) is 25.1 Å². The number of hydrogen-bond acceptors (Lipinski definition) is 4. The van der Waals surface area contributed by atoms with Gasteiger partial charge in [0.2, 0.25) is 0 Å². The maximum Gasteiger partial charge on any atom is 1.00 e. The fourth-order valence-electron chi connectivity index (χ4n) is 1.02. The molecule has 1 rings (SSSR count). The van der Waals surface area contributed by atoms with Crippen LogP contribution in [0.1, 0.15) is 16.6 Å². The van der Waals surface area contributed by atoms with Crippen molar-refractivity contribution < 1.29 is 47.6 Å². The molecule has 0 heterocycles. The molecule has 1 aromatic carbocycles. The van der Waals surface area contributed by atoms with Crippen LogP contribution in [0.5, 0.6) is 0 Å². The largest absolute Gasteiger partial charge is 1.00 e. The first-order valence-corrected chi connectivity index (χ1v) is 5.08. The third kappa shape index (κ3) is 3.34. The van der Waals surface area contributed by atoms with Gasteiger partial charge >= 0.3 is 29.6 Å². The van der Waals surface area contributed by atoms with Gasteiger partial charge in [0.1, 0.15) is 10.1 Å². The number of aliphatic hydroxyl groups excluding tert-OH is 1. The van der Waals surface area contributed by atoms with Gasteiger partial charge in [-0.2, -0.15) is 0 Å². The third-order valence-electron chi connectivity index (χ3n) is 1.73. The smallest absolute Gasteiger partial charge is 0.746 e. The van der Waals surface area contributed by atoms with Crippen LogP contribution in [0.15, 0.2) is 24.3 Å². The Labute approximate surface area is 105 Å². The Morgan fingerprint density at radius 3 is 2.29 bits per heavy atom. The Hall–Kier alpha value is 0.0900. The van der Waals surface area contributed by atoms with Crippen LogP contribution in [0.2, 0.25) is 0 Å². The van der Waals surface area contributed by atoms with Gasteiger partial charge in [-0.3, -0.25) is 0 Å². The molecule has 0 amide bonds. The van der Waals surface area contributed by atoms with Crippen molar-refractivity contribution in [1.82, 2.24) is 0 Å². The molecule has 0 saturated heterocycles. The number of aryl methyl sites for hydroxylation is 1. The molecule has 14 heavy (non-hydrogen) atoms. The molecular weight excluding hydrogens is 215 g/mol. The quantitative estimate of drug-likeness (QED) is 0.446. The van der Waals surface area contributed by atoms with E-state index in [1.807, 2.05) is 0 Å². The summed E-state index contributed by atoms with van der Waals surface area (Å²) >= 11 is 0. The SMILES string of the molecule is Cc1ccccc1C(O)S(=O)(=O)[O-].[Na+]. The van der Waals surface area contributed by atoms with Crippen molar-refractivity contribution in [2.45, 2.75) is 12.4 Å². The van der Waals surface area contributed by atoms with Gasteiger partial charge in [0.05, 0.1) is 0 Å². The van der Waals surface area contributed by atoms with Crippen molar-refractivity contribution in [3.63, 3.8) is 0 Å². The van der Waals surface area contributed by atoms with E-state index >= 15 is 0 Å². The maximum absolute atomic E-state index is 10.5. The topological polar surface area (TPSA) is 77.4 Å². The van der Waals surface area contributed by atoms with E-state index in [-0.39, 0.29) is 35.1 Å². The van der Waals surface area contributed by atoms with Crippen molar-refractivity contribution >= 4 is 10.1 Å². The molecule has 1 atom stereocenters. The fraction of sp³-hybridized carbons (Fsp3) is 0.250. The summed E-state index contributed by atoms with van der Waals surface area (Å²) in [6.45, 7) is 1.63. The van der Waals surface area contributed by atoms with Gasteiger partial charge < -0.3 is 9.66 Å². The van der Waals surface area contributed by atoms with Gasteiger partial charge in [0.15, 0.2) is 5.44 Å². The minimum atomic E-state index is -4.67. The Kier molecular flexibility index (Phi) is 5.28. The summed E-state index contributed by atoms with van der Waals surface area (Å²) in [5.41, 5.74) is -1.25. The molecule has 0 aromatic heterocycles. The number of aliphatic hydroxyl groups is 1. The van der Waals surface area contributed by atoms with E-state index in [1.165, 1.54) is 6.07 Å². The predicted molar refractivity (Wildman–Crippen MR) is 45.8 cm³/mol.